The molecule has 3 aliphatic carbocycles. The van der Waals surface area contributed by atoms with Crippen molar-refractivity contribution in [1.29, 1.82) is 0 Å². The largest absolute Gasteiger partial charge is 0.356 e. The fraction of sp³-hybridized carbons (Fsp3) is 0.476. The van der Waals surface area contributed by atoms with Crippen molar-refractivity contribution < 1.29 is 14.4 Å². The molecule has 0 spiro atoms. The van der Waals surface area contributed by atoms with Gasteiger partial charge in [-0.15, -0.1) is 0 Å². The van der Waals surface area contributed by atoms with Crippen molar-refractivity contribution in [1.82, 2.24) is 10.2 Å². The molecule has 136 valence electrons. The Morgan fingerprint density at radius 2 is 1.65 bits per heavy atom. The first-order valence-corrected chi connectivity index (χ1v) is 9.48. The van der Waals surface area contributed by atoms with Gasteiger partial charge in [-0.25, -0.2) is 0 Å². The topological polar surface area (TPSA) is 66.5 Å². The summed E-state index contributed by atoms with van der Waals surface area (Å²) in [5.74, 6) is -0.509. The van der Waals surface area contributed by atoms with Crippen molar-refractivity contribution in [2.24, 2.45) is 23.7 Å². The number of fused-ring (bicyclic) bond motifs is 1. The summed E-state index contributed by atoms with van der Waals surface area (Å²) >= 11 is 0. The van der Waals surface area contributed by atoms with E-state index in [2.05, 4.69) is 17.5 Å². The molecule has 5 heteroatoms. The van der Waals surface area contributed by atoms with Crippen LogP contribution in [0.4, 0.5) is 0 Å². The van der Waals surface area contributed by atoms with Crippen LogP contribution in [-0.2, 0) is 14.4 Å². The van der Waals surface area contributed by atoms with Crippen molar-refractivity contribution in [2.45, 2.75) is 32.2 Å². The second kappa shape index (κ2) is 6.71. The number of benzene rings is 1. The summed E-state index contributed by atoms with van der Waals surface area (Å²) in [6, 6.07) is 8.89. The van der Waals surface area contributed by atoms with E-state index in [4.69, 9.17) is 0 Å². The maximum Gasteiger partial charge on any atom is 0.234 e. The van der Waals surface area contributed by atoms with Gasteiger partial charge in [0.2, 0.25) is 17.7 Å². The molecule has 3 amide bonds. The molecule has 1 saturated carbocycles. The van der Waals surface area contributed by atoms with Crippen LogP contribution in [0, 0.1) is 23.7 Å². The zero-order valence-corrected chi connectivity index (χ0v) is 14.9. The van der Waals surface area contributed by atoms with Gasteiger partial charge < -0.3 is 5.32 Å². The smallest absolute Gasteiger partial charge is 0.234 e. The van der Waals surface area contributed by atoms with Crippen LogP contribution in [0.25, 0.3) is 0 Å². The Bertz CT molecular complexity index is 726. The first-order valence-electron chi connectivity index (χ1n) is 9.48. The highest BCUT2D eigenvalue weighted by Crippen LogP contribution is 2.51. The van der Waals surface area contributed by atoms with Crippen molar-refractivity contribution in [3.63, 3.8) is 0 Å². The summed E-state index contributed by atoms with van der Waals surface area (Å²) in [6.45, 7) is 2.39. The molecule has 2 fully saturated rings. The highest BCUT2D eigenvalue weighted by molar-refractivity contribution is 6.06. The normalized spacial score (nSPS) is 30.4. The van der Waals surface area contributed by atoms with E-state index in [0.29, 0.717) is 6.54 Å². The van der Waals surface area contributed by atoms with E-state index in [9.17, 15) is 14.4 Å². The minimum Gasteiger partial charge on any atom is -0.356 e. The molecule has 0 radical (unpaired) electrons. The molecule has 1 aliphatic heterocycles. The molecule has 5 rings (SSSR count). The number of carbonyl (C=O) groups is 3. The van der Waals surface area contributed by atoms with Gasteiger partial charge >= 0.3 is 0 Å². The van der Waals surface area contributed by atoms with Crippen LogP contribution in [0.5, 0.6) is 0 Å². The molecule has 0 aromatic heterocycles. The maximum absolute atomic E-state index is 13.2. The summed E-state index contributed by atoms with van der Waals surface area (Å²) in [7, 11) is 0. The van der Waals surface area contributed by atoms with E-state index in [0.717, 1.165) is 18.4 Å². The van der Waals surface area contributed by atoms with Gasteiger partial charge in [0.05, 0.1) is 24.3 Å². The molecule has 26 heavy (non-hydrogen) atoms. The molecule has 0 unspecified atom stereocenters. The van der Waals surface area contributed by atoms with Gasteiger partial charge in [0.25, 0.3) is 0 Å². The molecule has 1 aromatic rings. The highest BCUT2D eigenvalue weighted by atomic mass is 16.2. The summed E-state index contributed by atoms with van der Waals surface area (Å²) in [6.07, 6.45) is 6.29. The van der Waals surface area contributed by atoms with Gasteiger partial charge in [0.15, 0.2) is 0 Å². The maximum atomic E-state index is 13.2. The zero-order chi connectivity index (χ0) is 18.3. The Kier molecular flexibility index (Phi) is 4.39. The first kappa shape index (κ1) is 17.0. The van der Waals surface area contributed by atoms with E-state index in [1.165, 1.54) is 4.90 Å². The Hall–Kier alpha value is -2.43. The number of nitrogens with zero attached hydrogens (tertiary/aromatic N) is 1. The SMILES string of the molecule is CCNC(=O)C[C@H](c1ccccc1)N1C(=O)[C@H]2[C@H](C1=O)[C@H]1C=C[C@H]2CC1. The van der Waals surface area contributed by atoms with Crippen LogP contribution in [-0.4, -0.2) is 29.2 Å². The average Bonchev–Trinajstić information content (AvgIpc) is 2.95. The van der Waals surface area contributed by atoms with Gasteiger partial charge in [0, 0.05) is 6.54 Å². The lowest BCUT2D eigenvalue weighted by Gasteiger charge is -2.38. The first-order chi connectivity index (χ1) is 12.6. The van der Waals surface area contributed by atoms with Gasteiger partial charge in [0.1, 0.15) is 0 Å². The van der Waals surface area contributed by atoms with Gasteiger partial charge in [-0.05, 0) is 37.2 Å². The predicted molar refractivity (Wildman–Crippen MR) is 96.7 cm³/mol. The number of allylic oxidation sites excluding steroid dienone is 2. The number of hydrogen-bond donors (Lipinski definition) is 1. The van der Waals surface area contributed by atoms with Crippen molar-refractivity contribution in [3.05, 3.63) is 48.0 Å². The standard InChI is InChI=1S/C21H24N2O3/c1-2-22-17(24)12-16(13-6-4-3-5-7-13)23-20(25)18-14-8-9-15(11-10-14)19(18)21(23)26/h3-9,14-16,18-19H,2,10-12H2,1H3,(H,22,24)/t14-,15-,16+,18+,19+/m0/s1. The van der Waals surface area contributed by atoms with Gasteiger partial charge in [-0.1, -0.05) is 42.5 Å². The van der Waals surface area contributed by atoms with E-state index >= 15 is 0 Å². The Labute approximate surface area is 153 Å². The number of carbonyl (C=O) groups excluding carboxylic acids is 3. The minimum atomic E-state index is -0.534. The van der Waals surface area contributed by atoms with Crippen molar-refractivity contribution in [3.8, 4) is 0 Å². The molecule has 1 heterocycles. The number of hydrogen-bond acceptors (Lipinski definition) is 3. The van der Waals surface area contributed by atoms with Crippen LogP contribution in [0.1, 0.15) is 37.8 Å². The summed E-state index contributed by atoms with van der Waals surface area (Å²) in [4.78, 5) is 40.1. The van der Waals surface area contributed by atoms with Crippen LogP contribution in [0.3, 0.4) is 0 Å². The second-order valence-corrected chi connectivity index (χ2v) is 7.47. The molecule has 1 saturated heterocycles. The van der Waals surface area contributed by atoms with Crippen LogP contribution >= 0.6 is 0 Å². The lowest BCUT2D eigenvalue weighted by atomic mass is 9.63. The Balaban J connectivity index is 1.68. The monoisotopic (exact) mass is 352 g/mol. The average molecular weight is 352 g/mol. The Morgan fingerprint density at radius 1 is 1.08 bits per heavy atom. The molecular weight excluding hydrogens is 328 g/mol. The lowest BCUT2D eigenvalue weighted by molar-refractivity contribution is -0.143. The summed E-state index contributed by atoms with van der Waals surface area (Å²) in [5, 5.41) is 2.79. The quantitative estimate of drug-likeness (QED) is 0.654. The third-order valence-electron chi connectivity index (χ3n) is 6.04. The van der Waals surface area contributed by atoms with E-state index in [1.807, 2.05) is 37.3 Å². The number of likely N-dealkylation sites (tertiary alicyclic amines) is 1. The molecule has 1 N–H and O–H groups in total. The molecule has 2 bridgehead atoms. The van der Waals surface area contributed by atoms with E-state index < -0.39 is 6.04 Å². The third-order valence-corrected chi connectivity index (χ3v) is 6.04. The summed E-state index contributed by atoms with van der Waals surface area (Å²) < 4.78 is 0. The number of nitrogens with one attached hydrogen (secondary N) is 1. The third kappa shape index (κ3) is 2.66. The minimum absolute atomic E-state index is 0.0998. The fourth-order valence-electron chi connectivity index (χ4n) is 4.88. The lowest BCUT2D eigenvalue weighted by Crippen LogP contribution is -2.38. The zero-order valence-electron chi connectivity index (χ0n) is 14.9. The van der Waals surface area contributed by atoms with Gasteiger partial charge in [-0.2, -0.15) is 0 Å². The van der Waals surface area contributed by atoms with E-state index in [-0.39, 0.29) is 47.8 Å². The fourth-order valence-corrected chi connectivity index (χ4v) is 4.88. The molecule has 5 nitrogen and oxygen atoms in total. The second-order valence-electron chi connectivity index (χ2n) is 7.47. The molecule has 4 aliphatic rings. The van der Waals surface area contributed by atoms with Crippen molar-refractivity contribution in [2.75, 3.05) is 6.54 Å². The molecule has 5 atom stereocenters. The van der Waals surface area contributed by atoms with Gasteiger partial charge in [-0.3, -0.25) is 19.3 Å². The highest BCUT2D eigenvalue weighted by Gasteiger charge is 2.58. The number of amides is 3. The predicted octanol–water partition coefficient (Wildman–Crippen LogP) is 2.45. The number of rotatable bonds is 5. The molecule has 1 aromatic carbocycles. The van der Waals surface area contributed by atoms with E-state index in [1.54, 1.807) is 0 Å². The van der Waals surface area contributed by atoms with Crippen molar-refractivity contribution >= 4 is 17.7 Å². The Morgan fingerprint density at radius 3 is 2.15 bits per heavy atom. The number of imide groups is 1. The van der Waals surface area contributed by atoms with Crippen LogP contribution in [0.2, 0.25) is 0 Å². The van der Waals surface area contributed by atoms with Crippen LogP contribution in [0.15, 0.2) is 42.5 Å². The molecular formula is C21H24N2O3. The summed E-state index contributed by atoms with van der Waals surface area (Å²) in [5.41, 5.74) is 0.833. The van der Waals surface area contributed by atoms with Crippen LogP contribution < -0.4 is 5.32 Å².